The van der Waals surface area contributed by atoms with Crippen LogP contribution in [0.25, 0.3) is 0 Å². The minimum atomic E-state index is 0.585. The van der Waals surface area contributed by atoms with E-state index < -0.39 is 0 Å². The molecule has 0 aliphatic carbocycles. The van der Waals surface area contributed by atoms with Gasteiger partial charge in [0.25, 0.3) is 0 Å². The predicted octanol–water partition coefficient (Wildman–Crippen LogP) is 0.942. The van der Waals surface area contributed by atoms with E-state index in [1.165, 1.54) is 12.8 Å². The Morgan fingerprint density at radius 3 is 3.00 bits per heavy atom. The summed E-state index contributed by atoms with van der Waals surface area (Å²) in [4.78, 5) is 0. The van der Waals surface area contributed by atoms with Gasteiger partial charge in [-0.3, -0.25) is 0 Å². The second-order valence-corrected chi connectivity index (χ2v) is 3.77. The number of ether oxygens (including phenoxy) is 1. The van der Waals surface area contributed by atoms with E-state index in [0.717, 1.165) is 25.7 Å². The molecule has 3 fully saturated rings. The molecule has 0 radical (unpaired) electrons. The van der Waals surface area contributed by atoms with E-state index in [1.54, 1.807) is 0 Å². The van der Waals surface area contributed by atoms with E-state index in [0.29, 0.717) is 6.04 Å². The molecule has 3 saturated heterocycles. The van der Waals surface area contributed by atoms with Crippen LogP contribution < -0.4 is 0 Å². The number of thiol groups is 1. The molecule has 1 unspecified atom stereocenters. The van der Waals surface area contributed by atoms with Gasteiger partial charge in [0.15, 0.2) is 0 Å². The standard InChI is InChI=1S/C7H13NOS/c10-8-3-6-1-2-7(8)5-9-4-6/h6-7,10H,1-5H2/t6?,7-/m0/s1. The van der Waals surface area contributed by atoms with E-state index in [1.807, 2.05) is 0 Å². The summed E-state index contributed by atoms with van der Waals surface area (Å²) in [5.74, 6) is 0.747. The van der Waals surface area contributed by atoms with Crippen LogP contribution >= 0.6 is 12.8 Å². The summed E-state index contributed by atoms with van der Waals surface area (Å²) in [5.41, 5.74) is 0. The van der Waals surface area contributed by atoms with Crippen LogP contribution in [0.4, 0.5) is 0 Å². The molecule has 3 rings (SSSR count). The Morgan fingerprint density at radius 2 is 2.20 bits per heavy atom. The molecule has 2 atom stereocenters. The fourth-order valence-corrected chi connectivity index (χ4v) is 2.17. The monoisotopic (exact) mass is 159 g/mol. The second kappa shape index (κ2) is 2.72. The maximum Gasteiger partial charge on any atom is 0.0631 e. The summed E-state index contributed by atoms with van der Waals surface area (Å²) >= 11 is 4.39. The van der Waals surface area contributed by atoms with Crippen LogP contribution in [0.15, 0.2) is 0 Å². The summed E-state index contributed by atoms with van der Waals surface area (Å²) in [6.45, 7) is 2.96. The summed E-state index contributed by atoms with van der Waals surface area (Å²) < 4.78 is 7.60. The van der Waals surface area contributed by atoms with Crippen LogP contribution in [-0.4, -0.2) is 30.1 Å². The number of hydrogen-bond acceptors (Lipinski definition) is 3. The second-order valence-electron chi connectivity index (χ2n) is 3.26. The van der Waals surface area contributed by atoms with Gasteiger partial charge in [0.1, 0.15) is 0 Å². The van der Waals surface area contributed by atoms with Crippen LogP contribution in [-0.2, 0) is 4.74 Å². The first kappa shape index (κ1) is 6.95. The minimum Gasteiger partial charge on any atom is -0.379 e. The Labute approximate surface area is 67.1 Å². The SMILES string of the molecule is SN1CC2CC[C@H]1COC2. The molecule has 2 bridgehead atoms. The predicted molar refractivity (Wildman–Crippen MR) is 43.0 cm³/mol. The maximum absolute atomic E-state index is 5.46. The van der Waals surface area contributed by atoms with Crippen molar-refractivity contribution < 1.29 is 4.74 Å². The molecule has 2 nitrogen and oxygen atoms in total. The third kappa shape index (κ3) is 1.18. The van der Waals surface area contributed by atoms with Gasteiger partial charge in [0.2, 0.25) is 0 Å². The van der Waals surface area contributed by atoms with Gasteiger partial charge in [0.05, 0.1) is 13.2 Å². The number of piperidine rings is 1. The topological polar surface area (TPSA) is 12.5 Å². The summed E-state index contributed by atoms with van der Waals surface area (Å²) in [6, 6.07) is 0.585. The maximum atomic E-state index is 5.46. The van der Waals surface area contributed by atoms with Crippen LogP contribution in [0, 0.1) is 5.92 Å². The molecule has 0 N–H and O–H groups in total. The molecule has 58 valence electrons. The van der Waals surface area contributed by atoms with Crippen molar-refractivity contribution in [2.24, 2.45) is 5.92 Å². The lowest BCUT2D eigenvalue weighted by Crippen LogP contribution is -2.36. The zero-order chi connectivity index (χ0) is 6.97. The molecule has 3 aliphatic heterocycles. The molecule has 0 aromatic heterocycles. The van der Waals surface area contributed by atoms with E-state index in [-0.39, 0.29) is 0 Å². The molecule has 3 heterocycles. The van der Waals surface area contributed by atoms with Gasteiger partial charge in [-0.1, -0.05) is 12.8 Å². The Hall–Kier alpha value is 0.270. The van der Waals surface area contributed by atoms with Crippen LogP contribution in [0.5, 0.6) is 0 Å². The third-order valence-electron chi connectivity index (χ3n) is 2.44. The highest BCUT2D eigenvalue weighted by Gasteiger charge is 2.29. The smallest absolute Gasteiger partial charge is 0.0631 e. The molecule has 3 heteroatoms. The lowest BCUT2D eigenvalue weighted by Gasteiger charge is -2.30. The molecular weight excluding hydrogens is 146 g/mol. The molecule has 0 amide bonds. The lowest BCUT2D eigenvalue weighted by atomic mass is 9.97. The van der Waals surface area contributed by atoms with Crippen molar-refractivity contribution in [1.29, 1.82) is 0 Å². The van der Waals surface area contributed by atoms with Gasteiger partial charge in [-0.15, -0.1) is 0 Å². The molecule has 10 heavy (non-hydrogen) atoms. The number of fused-ring (bicyclic) bond motifs is 4. The molecule has 3 aliphatic rings. The van der Waals surface area contributed by atoms with Gasteiger partial charge < -0.3 is 4.74 Å². The van der Waals surface area contributed by atoms with Crippen molar-refractivity contribution in [1.82, 2.24) is 4.31 Å². The highest BCUT2D eigenvalue weighted by molar-refractivity contribution is 7.77. The molecule has 0 aromatic rings. The van der Waals surface area contributed by atoms with Gasteiger partial charge in [-0.2, -0.15) is 0 Å². The largest absolute Gasteiger partial charge is 0.379 e. The van der Waals surface area contributed by atoms with Crippen LogP contribution in [0.3, 0.4) is 0 Å². The van der Waals surface area contributed by atoms with Crippen molar-refractivity contribution >= 4 is 12.8 Å². The number of rotatable bonds is 0. The van der Waals surface area contributed by atoms with Crippen LogP contribution in [0.1, 0.15) is 12.8 Å². The Morgan fingerprint density at radius 1 is 1.30 bits per heavy atom. The van der Waals surface area contributed by atoms with E-state index in [4.69, 9.17) is 4.74 Å². The summed E-state index contributed by atoms with van der Waals surface area (Å²) in [6.07, 6.45) is 2.61. The summed E-state index contributed by atoms with van der Waals surface area (Å²) in [5, 5.41) is 0. The quantitative estimate of drug-likeness (QED) is 0.528. The lowest BCUT2D eigenvalue weighted by molar-refractivity contribution is 0.123. The van der Waals surface area contributed by atoms with Crippen LogP contribution in [0.2, 0.25) is 0 Å². The Balaban J connectivity index is 2.07. The van der Waals surface area contributed by atoms with Crippen molar-refractivity contribution in [2.45, 2.75) is 18.9 Å². The van der Waals surface area contributed by atoms with Crippen molar-refractivity contribution in [2.75, 3.05) is 19.8 Å². The molecular formula is C7H13NOS. The van der Waals surface area contributed by atoms with E-state index in [9.17, 15) is 0 Å². The number of hydrogen-bond donors (Lipinski definition) is 1. The fourth-order valence-electron chi connectivity index (χ4n) is 1.76. The summed E-state index contributed by atoms with van der Waals surface area (Å²) in [7, 11) is 0. The highest BCUT2D eigenvalue weighted by atomic mass is 32.1. The first-order valence-corrected chi connectivity index (χ1v) is 4.29. The van der Waals surface area contributed by atoms with Gasteiger partial charge in [-0.05, 0) is 18.8 Å². The van der Waals surface area contributed by atoms with E-state index in [2.05, 4.69) is 17.1 Å². The fraction of sp³-hybridized carbons (Fsp3) is 1.00. The van der Waals surface area contributed by atoms with Gasteiger partial charge in [-0.25, -0.2) is 4.31 Å². The average Bonchev–Trinajstić information content (AvgIpc) is 2.20. The average molecular weight is 159 g/mol. The van der Waals surface area contributed by atoms with Gasteiger partial charge >= 0.3 is 0 Å². The highest BCUT2D eigenvalue weighted by Crippen LogP contribution is 2.27. The zero-order valence-corrected chi connectivity index (χ0v) is 6.89. The van der Waals surface area contributed by atoms with Crippen molar-refractivity contribution in [3.05, 3.63) is 0 Å². The first-order valence-electron chi connectivity index (χ1n) is 3.89. The molecule has 0 spiro atoms. The first-order chi connectivity index (χ1) is 4.86. The minimum absolute atomic E-state index is 0.585. The Kier molecular flexibility index (Phi) is 1.89. The van der Waals surface area contributed by atoms with Gasteiger partial charge in [0, 0.05) is 12.6 Å². The van der Waals surface area contributed by atoms with Crippen molar-refractivity contribution in [3.63, 3.8) is 0 Å². The third-order valence-corrected chi connectivity index (χ3v) is 2.93. The van der Waals surface area contributed by atoms with E-state index >= 15 is 0 Å². The van der Waals surface area contributed by atoms with Crippen molar-refractivity contribution in [3.8, 4) is 0 Å². The Bertz CT molecular complexity index is 127. The normalized spacial score (nSPS) is 41.7. The zero-order valence-electron chi connectivity index (χ0n) is 5.99. The molecule has 0 aromatic carbocycles. The molecule has 0 saturated carbocycles. The number of nitrogens with zero attached hydrogens (tertiary/aromatic N) is 1.